The third kappa shape index (κ3) is 3.58. The van der Waals surface area contributed by atoms with E-state index in [4.69, 9.17) is 0 Å². The molecule has 0 amide bonds. The van der Waals surface area contributed by atoms with Crippen molar-refractivity contribution in [3.8, 4) is 0 Å². The summed E-state index contributed by atoms with van der Waals surface area (Å²) in [5.74, 6) is -0.0787. The molecule has 0 bridgehead atoms. The number of nitrogens with zero attached hydrogens (tertiary/aromatic N) is 4. The lowest BCUT2D eigenvalue weighted by Gasteiger charge is -2.33. The number of Topliss-reactive ketones (excluding diaryl/α,β-unsaturated/α-hetero) is 1. The lowest BCUT2D eigenvalue weighted by atomic mass is 10.2. The molecule has 1 saturated heterocycles. The van der Waals surface area contributed by atoms with Crippen LogP contribution in [0.1, 0.15) is 23.0 Å². The first-order chi connectivity index (χ1) is 13.4. The van der Waals surface area contributed by atoms with Crippen LogP contribution in [0, 0.1) is 0 Å². The molecule has 0 aliphatic carbocycles. The molecule has 0 saturated carbocycles. The van der Waals surface area contributed by atoms with Gasteiger partial charge < -0.3 is 4.40 Å². The molecule has 8 heteroatoms. The Labute approximate surface area is 164 Å². The average molecular weight is 398 g/mol. The maximum Gasteiger partial charge on any atom is 0.243 e. The number of hydrogen-bond donors (Lipinski definition) is 0. The molecule has 7 nitrogen and oxygen atoms in total. The number of hydrogen-bond acceptors (Lipinski definition) is 5. The minimum Gasteiger partial charge on any atom is -0.303 e. The van der Waals surface area contributed by atoms with Gasteiger partial charge in [-0.25, -0.2) is 13.4 Å². The van der Waals surface area contributed by atoms with E-state index in [0.29, 0.717) is 31.7 Å². The highest BCUT2D eigenvalue weighted by molar-refractivity contribution is 7.89. The zero-order valence-corrected chi connectivity index (χ0v) is 16.5. The van der Waals surface area contributed by atoms with Gasteiger partial charge in [-0.05, 0) is 31.2 Å². The second kappa shape index (κ2) is 7.46. The standard InChI is InChI=1S/C20H22N4O3S/c1-16(25)17-5-7-19(8-6-17)28(26,27)23-12-10-22(11-13-23)15-18-14-21-20-4-2-3-9-24(18)20/h2-9,14H,10-13,15H2,1H3. The van der Waals surface area contributed by atoms with Crippen LogP contribution in [0.4, 0.5) is 0 Å². The summed E-state index contributed by atoms with van der Waals surface area (Å²) in [6.45, 7) is 4.38. The molecule has 3 aromatic rings. The van der Waals surface area contributed by atoms with Crippen LogP contribution in [0.15, 0.2) is 59.8 Å². The number of pyridine rings is 1. The zero-order valence-electron chi connectivity index (χ0n) is 15.7. The molecular formula is C20H22N4O3S. The van der Waals surface area contributed by atoms with Crippen molar-refractivity contribution in [3.63, 3.8) is 0 Å². The Bertz CT molecular complexity index is 1100. The van der Waals surface area contributed by atoms with Crippen molar-refractivity contribution in [1.82, 2.24) is 18.6 Å². The maximum absolute atomic E-state index is 12.9. The van der Waals surface area contributed by atoms with Gasteiger partial charge in [0.25, 0.3) is 0 Å². The van der Waals surface area contributed by atoms with Crippen LogP contribution in [-0.4, -0.2) is 59.0 Å². The van der Waals surface area contributed by atoms with Gasteiger partial charge in [-0.1, -0.05) is 18.2 Å². The lowest BCUT2D eigenvalue weighted by molar-refractivity contribution is 0.101. The number of benzene rings is 1. The van der Waals surface area contributed by atoms with Crippen molar-refractivity contribution < 1.29 is 13.2 Å². The Hall–Kier alpha value is -2.55. The van der Waals surface area contributed by atoms with Crippen molar-refractivity contribution in [2.75, 3.05) is 26.2 Å². The number of rotatable bonds is 5. The van der Waals surface area contributed by atoms with Crippen LogP contribution in [0.25, 0.3) is 5.65 Å². The van der Waals surface area contributed by atoms with E-state index < -0.39 is 10.0 Å². The second-order valence-electron chi connectivity index (χ2n) is 6.94. The zero-order chi connectivity index (χ0) is 19.7. The molecule has 0 spiro atoms. The number of carbonyl (C=O) groups is 1. The van der Waals surface area contributed by atoms with Crippen molar-refractivity contribution in [2.24, 2.45) is 0 Å². The normalized spacial score (nSPS) is 16.5. The highest BCUT2D eigenvalue weighted by atomic mass is 32.2. The average Bonchev–Trinajstić information content (AvgIpc) is 3.11. The van der Waals surface area contributed by atoms with Crippen molar-refractivity contribution in [1.29, 1.82) is 0 Å². The number of piperazine rings is 1. The van der Waals surface area contributed by atoms with E-state index in [1.165, 1.54) is 23.4 Å². The number of sulfonamides is 1. The van der Waals surface area contributed by atoms with E-state index in [1.807, 2.05) is 30.6 Å². The quantitative estimate of drug-likeness (QED) is 0.615. The molecule has 0 radical (unpaired) electrons. The number of aromatic nitrogens is 2. The molecule has 1 aliphatic heterocycles. The summed E-state index contributed by atoms with van der Waals surface area (Å²) in [6.07, 6.45) is 3.86. The molecule has 146 valence electrons. The molecule has 2 aromatic heterocycles. The van der Waals surface area contributed by atoms with Crippen LogP contribution in [0.5, 0.6) is 0 Å². The minimum atomic E-state index is -3.55. The fraction of sp³-hybridized carbons (Fsp3) is 0.300. The van der Waals surface area contributed by atoms with Gasteiger partial charge in [0.1, 0.15) is 5.65 Å². The topological polar surface area (TPSA) is 75.0 Å². The van der Waals surface area contributed by atoms with Gasteiger partial charge in [0, 0.05) is 44.5 Å². The Balaban J connectivity index is 1.42. The van der Waals surface area contributed by atoms with Gasteiger partial charge in [0.2, 0.25) is 10.0 Å². The molecule has 1 aliphatic rings. The lowest BCUT2D eigenvalue weighted by Crippen LogP contribution is -2.48. The highest BCUT2D eigenvalue weighted by Crippen LogP contribution is 2.19. The summed E-state index contributed by atoms with van der Waals surface area (Å²) in [5, 5.41) is 0. The number of carbonyl (C=O) groups excluding carboxylic acids is 1. The van der Waals surface area contributed by atoms with E-state index in [2.05, 4.69) is 14.3 Å². The largest absolute Gasteiger partial charge is 0.303 e. The molecule has 0 unspecified atom stereocenters. The van der Waals surface area contributed by atoms with E-state index in [0.717, 1.165) is 17.9 Å². The van der Waals surface area contributed by atoms with Gasteiger partial charge in [-0.2, -0.15) is 4.31 Å². The minimum absolute atomic E-state index is 0.0787. The SMILES string of the molecule is CC(=O)c1ccc(S(=O)(=O)N2CCN(Cc3cnc4ccccn34)CC2)cc1. The number of fused-ring (bicyclic) bond motifs is 1. The van der Waals surface area contributed by atoms with Crippen LogP contribution < -0.4 is 0 Å². The van der Waals surface area contributed by atoms with Crippen molar-refractivity contribution in [3.05, 3.63) is 66.1 Å². The van der Waals surface area contributed by atoms with E-state index in [1.54, 1.807) is 12.1 Å². The highest BCUT2D eigenvalue weighted by Gasteiger charge is 2.28. The first kappa shape index (κ1) is 18.8. The van der Waals surface area contributed by atoms with Gasteiger partial charge in [0.05, 0.1) is 16.8 Å². The molecule has 0 N–H and O–H groups in total. The molecule has 4 rings (SSSR count). The Morgan fingerprint density at radius 2 is 1.75 bits per heavy atom. The summed E-state index contributed by atoms with van der Waals surface area (Å²) < 4.78 is 29.3. The molecule has 3 heterocycles. The third-order valence-electron chi connectivity index (χ3n) is 5.11. The Morgan fingerprint density at radius 1 is 1.04 bits per heavy atom. The molecule has 28 heavy (non-hydrogen) atoms. The van der Waals surface area contributed by atoms with E-state index in [-0.39, 0.29) is 10.7 Å². The molecule has 1 aromatic carbocycles. The van der Waals surface area contributed by atoms with Crippen LogP contribution in [0.3, 0.4) is 0 Å². The van der Waals surface area contributed by atoms with Crippen LogP contribution in [-0.2, 0) is 16.6 Å². The second-order valence-corrected chi connectivity index (χ2v) is 8.88. The summed E-state index contributed by atoms with van der Waals surface area (Å²) >= 11 is 0. The summed E-state index contributed by atoms with van der Waals surface area (Å²) in [7, 11) is -3.55. The number of ketones is 1. The fourth-order valence-electron chi connectivity index (χ4n) is 3.47. The van der Waals surface area contributed by atoms with Crippen LogP contribution >= 0.6 is 0 Å². The Kier molecular flexibility index (Phi) is 5.01. The third-order valence-corrected chi connectivity index (χ3v) is 7.02. The summed E-state index contributed by atoms with van der Waals surface area (Å²) in [5.41, 5.74) is 2.51. The van der Waals surface area contributed by atoms with Crippen LogP contribution in [0.2, 0.25) is 0 Å². The fourth-order valence-corrected chi connectivity index (χ4v) is 4.89. The number of imidazole rings is 1. The van der Waals surface area contributed by atoms with E-state index >= 15 is 0 Å². The maximum atomic E-state index is 12.9. The van der Waals surface area contributed by atoms with Crippen molar-refractivity contribution >= 4 is 21.5 Å². The molecule has 1 fully saturated rings. The van der Waals surface area contributed by atoms with Gasteiger partial charge in [-0.15, -0.1) is 0 Å². The van der Waals surface area contributed by atoms with Gasteiger partial charge in [-0.3, -0.25) is 9.69 Å². The predicted molar refractivity (Wildman–Crippen MR) is 106 cm³/mol. The predicted octanol–water partition coefficient (Wildman–Crippen LogP) is 2.04. The summed E-state index contributed by atoms with van der Waals surface area (Å²) in [6, 6.07) is 12.0. The monoisotopic (exact) mass is 398 g/mol. The van der Waals surface area contributed by atoms with Gasteiger partial charge in [0.15, 0.2) is 5.78 Å². The molecular weight excluding hydrogens is 376 g/mol. The first-order valence-corrected chi connectivity index (χ1v) is 10.6. The first-order valence-electron chi connectivity index (χ1n) is 9.19. The Morgan fingerprint density at radius 3 is 2.43 bits per heavy atom. The summed E-state index contributed by atoms with van der Waals surface area (Å²) in [4.78, 5) is 18.3. The molecule has 0 atom stereocenters. The van der Waals surface area contributed by atoms with Crippen molar-refractivity contribution in [2.45, 2.75) is 18.4 Å². The van der Waals surface area contributed by atoms with Gasteiger partial charge >= 0.3 is 0 Å². The van der Waals surface area contributed by atoms with E-state index in [9.17, 15) is 13.2 Å². The smallest absolute Gasteiger partial charge is 0.243 e.